The van der Waals surface area contributed by atoms with Crippen molar-refractivity contribution >= 4 is 11.4 Å². The molecule has 0 saturated carbocycles. The van der Waals surface area contributed by atoms with E-state index in [-0.39, 0.29) is 10.6 Å². The Hall–Kier alpha value is -1.62. The SMILES string of the molecule is COCCN1CCc2c1cccc2[N+](=O)[O-]. The lowest BCUT2D eigenvalue weighted by Crippen LogP contribution is -2.24. The smallest absolute Gasteiger partial charge is 0.274 e. The number of rotatable bonds is 4. The second-order valence-corrected chi connectivity index (χ2v) is 3.76. The van der Waals surface area contributed by atoms with Crippen molar-refractivity contribution in [3.63, 3.8) is 0 Å². The van der Waals surface area contributed by atoms with Crippen LogP contribution in [0.25, 0.3) is 0 Å². The highest BCUT2D eigenvalue weighted by atomic mass is 16.6. The van der Waals surface area contributed by atoms with E-state index in [1.165, 1.54) is 0 Å². The fraction of sp³-hybridized carbons (Fsp3) is 0.455. The molecule has 1 aliphatic rings. The van der Waals surface area contributed by atoms with Crippen molar-refractivity contribution < 1.29 is 9.66 Å². The average Bonchev–Trinajstić information content (AvgIpc) is 2.69. The molecule has 1 aromatic rings. The number of nitro benzene ring substituents is 1. The van der Waals surface area contributed by atoms with Gasteiger partial charge in [0.25, 0.3) is 5.69 Å². The van der Waals surface area contributed by atoms with Crippen molar-refractivity contribution in [2.45, 2.75) is 6.42 Å². The van der Waals surface area contributed by atoms with E-state index in [9.17, 15) is 10.1 Å². The molecule has 0 unspecified atom stereocenters. The van der Waals surface area contributed by atoms with E-state index in [1.54, 1.807) is 19.2 Å². The summed E-state index contributed by atoms with van der Waals surface area (Å²) in [7, 11) is 1.66. The monoisotopic (exact) mass is 222 g/mol. The van der Waals surface area contributed by atoms with E-state index in [2.05, 4.69) is 4.90 Å². The van der Waals surface area contributed by atoms with Crippen LogP contribution in [0.4, 0.5) is 11.4 Å². The summed E-state index contributed by atoms with van der Waals surface area (Å²) in [6, 6.07) is 5.24. The summed E-state index contributed by atoms with van der Waals surface area (Å²) in [5.74, 6) is 0. The number of methoxy groups -OCH3 is 1. The molecule has 5 nitrogen and oxygen atoms in total. The fourth-order valence-electron chi connectivity index (χ4n) is 2.09. The van der Waals surface area contributed by atoms with Crippen molar-refractivity contribution in [2.75, 3.05) is 31.7 Å². The molecule has 0 radical (unpaired) electrons. The van der Waals surface area contributed by atoms with Gasteiger partial charge in [0.2, 0.25) is 0 Å². The minimum atomic E-state index is -0.307. The average molecular weight is 222 g/mol. The molecule has 1 heterocycles. The molecule has 16 heavy (non-hydrogen) atoms. The summed E-state index contributed by atoms with van der Waals surface area (Å²) >= 11 is 0. The van der Waals surface area contributed by atoms with E-state index in [0.717, 1.165) is 30.8 Å². The summed E-state index contributed by atoms with van der Waals surface area (Å²) in [6.45, 7) is 2.26. The van der Waals surface area contributed by atoms with Crippen LogP contribution in [-0.4, -0.2) is 31.7 Å². The third kappa shape index (κ3) is 1.86. The molecule has 0 aliphatic carbocycles. The third-order valence-corrected chi connectivity index (χ3v) is 2.86. The van der Waals surface area contributed by atoms with E-state index in [4.69, 9.17) is 4.74 Å². The van der Waals surface area contributed by atoms with Gasteiger partial charge >= 0.3 is 0 Å². The lowest BCUT2D eigenvalue weighted by molar-refractivity contribution is -0.385. The quantitative estimate of drug-likeness (QED) is 0.573. The van der Waals surface area contributed by atoms with Gasteiger partial charge in [-0.05, 0) is 12.5 Å². The molecule has 0 amide bonds. The first kappa shape index (κ1) is 10.9. The predicted molar refractivity (Wildman–Crippen MR) is 60.9 cm³/mol. The maximum Gasteiger partial charge on any atom is 0.274 e. The molecular formula is C11H14N2O3. The molecule has 0 N–H and O–H groups in total. The second-order valence-electron chi connectivity index (χ2n) is 3.76. The third-order valence-electron chi connectivity index (χ3n) is 2.86. The molecule has 0 saturated heterocycles. The Kier molecular flexibility index (Phi) is 3.05. The molecule has 2 rings (SSSR count). The Bertz CT molecular complexity index is 406. The predicted octanol–water partition coefficient (Wildman–Crippen LogP) is 1.60. The van der Waals surface area contributed by atoms with Crippen LogP contribution in [0.5, 0.6) is 0 Å². The van der Waals surface area contributed by atoms with Crippen LogP contribution >= 0.6 is 0 Å². The van der Waals surface area contributed by atoms with E-state index in [1.807, 2.05) is 6.07 Å². The number of nitrogens with zero attached hydrogens (tertiary/aromatic N) is 2. The summed E-state index contributed by atoms with van der Waals surface area (Å²) in [5, 5.41) is 10.8. The molecule has 0 bridgehead atoms. The van der Waals surface area contributed by atoms with Gasteiger partial charge in [-0.1, -0.05) is 6.07 Å². The van der Waals surface area contributed by atoms with Crippen LogP contribution < -0.4 is 4.90 Å². The van der Waals surface area contributed by atoms with Gasteiger partial charge in [0.05, 0.1) is 17.1 Å². The van der Waals surface area contributed by atoms with Gasteiger partial charge in [0.15, 0.2) is 0 Å². The maximum atomic E-state index is 10.8. The van der Waals surface area contributed by atoms with Gasteiger partial charge in [0.1, 0.15) is 0 Å². The fourth-order valence-corrected chi connectivity index (χ4v) is 2.09. The molecular weight excluding hydrogens is 208 g/mol. The molecule has 1 aliphatic heterocycles. The van der Waals surface area contributed by atoms with E-state index >= 15 is 0 Å². The zero-order chi connectivity index (χ0) is 11.5. The summed E-state index contributed by atoms with van der Waals surface area (Å²) in [4.78, 5) is 12.7. The summed E-state index contributed by atoms with van der Waals surface area (Å²) in [6.07, 6.45) is 0.746. The molecule has 0 fully saturated rings. The number of nitro groups is 1. The molecule has 0 atom stereocenters. The minimum absolute atomic E-state index is 0.234. The Labute approximate surface area is 93.8 Å². The van der Waals surface area contributed by atoms with Gasteiger partial charge in [-0.15, -0.1) is 0 Å². The molecule has 0 spiro atoms. The lowest BCUT2D eigenvalue weighted by Gasteiger charge is -2.18. The van der Waals surface area contributed by atoms with Gasteiger partial charge < -0.3 is 9.64 Å². The Morgan fingerprint density at radius 3 is 3.06 bits per heavy atom. The van der Waals surface area contributed by atoms with Crippen LogP contribution in [0.1, 0.15) is 5.56 Å². The number of fused-ring (bicyclic) bond motifs is 1. The Morgan fingerprint density at radius 2 is 2.38 bits per heavy atom. The number of ether oxygens (including phenoxy) is 1. The highest BCUT2D eigenvalue weighted by Gasteiger charge is 2.26. The largest absolute Gasteiger partial charge is 0.383 e. The molecule has 86 valence electrons. The van der Waals surface area contributed by atoms with E-state index in [0.29, 0.717) is 6.61 Å². The first-order valence-corrected chi connectivity index (χ1v) is 5.24. The highest BCUT2D eigenvalue weighted by molar-refractivity contribution is 5.65. The summed E-state index contributed by atoms with van der Waals surface area (Å²) < 4.78 is 5.02. The lowest BCUT2D eigenvalue weighted by atomic mass is 10.1. The van der Waals surface area contributed by atoms with E-state index < -0.39 is 0 Å². The second kappa shape index (κ2) is 4.49. The van der Waals surface area contributed by atoms with Crippen LogP contribution in [-0.2, 0) is 11.2 Å². The van der Waals surface area contributed by atoms with Crippen LogP contribution in [0.2, 0.25) is 0 Å². The van der Waals surface area contributed by atoms with Crippen LogP contribution in [0.3, 0.4) is 0 Å². The van der Waals surface area contributed by atoms with Gasteiger partial charge in [0, 0.05) is 32.0 Å². The molecule has 0 aromatic heterocycles. The van der Waals surface area contributed by atoms with Gasteiger partial charge in [-0.25, -0.2) is 0 Å². The topological polar surface area (TPSA) is 55.6 Å². The van der Waals surface area contributed by atoms with Crippen molar-refractivity contribution in [3.8, 4) is 0 Å². The number of hydrogen-bond donors (Lipinski definition) is 0. The van der Waals surface area contributed by atoms with Crippen molar-refractivity contribution in [1.29, 1.82) is 0 Å². The zero-order valence-corrected chi connectivity index (χ0v) is 9.18. The normalized spacial score (nSPS) is 13.9. The molecule has 1 aromatic carbocycles. The maximum absolute atomic E-state index is 10.8. The standard InChI is InChI=1S/C11H14N2O3/c1-16-8-7-12-6-5-9-10(12)3-2-4-11(9)13(14)15/h2-4H,5-8H2,1H3. The number of hydrogen-bond acceptors (Lipinski definition) is 4. The Morgan fingerprint density at radius 1 is 1.56 bits per heavy atom. The van der Waals surface area contributed by atoms with Gasteiger partial charge in [-0.2, -0.15) is 0 Å². The highest BCUT2D eigenvalue weighted by Crippen LogP contribution is 2.34. The van der Waals surface area contributed by atoms with Crippen LogP contribution in [0, 0.1) is 10.1 Å². The number of anilines is 1. The van der Waals surface area contributed by atoms with Crippen LogP contribution in [0.15, 0.2) is 18.2 Å². The van der Waals surface area contributed by atoms with Gasteiger partial charge in [-0.3, -0.25) is 10.1 Å². The number of benzene rings is 1. The van der Waals surface area contributed by atoms with Crippen molar-refractivity contribution in [3.05, 3.63) is 33.9 Å². The first-order valence-electron chi connectivity index (χ1n) is 5.24. The first-order chi connectivity index (χ1) is 7.74. The Balaban J connectivity index is 2.27. The van der Waals surface area contributed by atoms with Crippen molar-refractivity contribution in [1.82, 2.24) is 0 Å². The minimum Gasteiger partial charge on any atom is -0.383 e. The summed E-state index contributed by atoms with van der Waals surface area (Å²) in [5.41, 5.74) is 2.06. The zero-order valence-electron chi connectivity index (χ0n) is 9.18. The van der Waals surface area contributed by atoms with Crippen molar-refractivity contribution in [2.24, 2.45) is 0 Å². The molecule has 5 heteroatoms.